The van der Waals surface area contributed by atoms with E-state index in [2.05, 4.69) is 0 Å². The third-order valence-corrected chi connectivity index (χ3v) is 2.55. The summed E-state index contributed by atoms with van der Waals surface area (Å²) in [5, 5.41) is 88.5. The summed E-state index contributed by atoms with van der Waals surface area (Å²) in [6, 6.07) is 0. The second kappa shape index (κ2) is 21.2. The zero-order valence-electron chi connectivity index (χ0n) is 16.6. The van der Waals surface area contributed by atoms with Gasteiger partial charge in [0, 0.05) is 24.8 Å². The molecule has 0 aliphatic carbocycles. The van der Waals surface area contributed by atoms with E-state index in [-0.39, 0.29) is 75.5 Å². The van der Waals surface area contributed by atoms with Gasteiger partial charge in [-0.1, -0.05) is 0 Å². The minimum atomic E-state index is -2.74. The van der Waals surface area contributed by atoms with Crippen molar-refractivity contribution in [1.29, 1.82) is 0 Å². The van der Waals surface area contributed by atoms with Gasteiger partial charge in [-0.3, -0.25) is 9.59 Å². The van der Waals surface area contributed by atoms with Crippen LogP contribution in [-0.4, -0.2) is 166 Å². The maximum Gasteiger partial charge on any atom is 2.00 e. The summed E-state index contributed by atoms with van der Waals surface area (Å²) in [6.45, 7) is 0. The molecule has 178 valence electrons. The summed E-state index contributed by atoms with van der Waals surface area (Å²) in [7, 11) is 0. The summed E-state index contributed by atoms with van der Waals surface area (Å²) >= 11 is 0. The fraction of sp³-hybridized carbons (Fsp3) is 0.500. The maximum atomic E-state index is 10.3. The summed E-state index contributed by atoms with van der Waals surface area (Å²) in [5.74, 6) is -11.9. The molecule has 0 rings (SSSR count). The van der Waals surface area contributed by atoms with E-state index in [1.54, 1.807) is 0 Å². The van der Waals surface area contributed by atoms with Crippen molar-refractivity contribution in [2.45, 2.75) is 43.5 Å². The predicted molar refractivity (Wildman–Crippen MR) is 89.9 cm³/mol. The van der Waals surface area contributed by atoms with Crippen LogP contribution in [0.1, 0.15) is 25.7 Å². The molecule has 0 fully saturated rings. The molecule has 0 aromatic heterocycles. The second-order valence-corrected chi connectivity index (χ2v) is 5.30. The minimum absolute atomic E-state index is 0. The van der Waals surface area contributed by atoms with E-state index in [1.807, 2.05) is 0 Å². The molecule has 0 saturated heterocycles. The first-order valence-corrected chi connectivity index (χ1v) is 7.42. The zero-order valence-corrected chi connectivity index (χ0v) is 21.0. The molecule has 0 aromatic rings. The minimum Gasteiger partial charge on any atom is -0.550 e. The van der Waals surface area contributed by atoms with E-state index >= 15 is 0 Å². The van der Waals surface area contributed by atoms with Crippen LogP contribution in [0, 0.1) is 0 Å². The van der Waals surface area contributed by atoms with Crippen LogP contribution in [0.3, 0.4) is 0 Å². The topological polar surface area (TPSA) is 333 Å². The van der Waals surface area contributed by atoms with Gasteiger partial charge >= 0.3 is 93.4 Å². The van der Waals surface area contributed by atoms with Crippen LogP contribution in [0.15, 0.2) is 0 Å². The van der Waals surface area contributed by atoms with Gasteiger partial charge in [-0.15, -0.1) is 0 Å². The van der Waals surface area contributed by atoms with E-state index in [4.69, 9.17) is 30.6 Å². The Hall–Kier alpha value is -1.31. The number of carboxylic acids is 7. The fourth-order valence-electron chi connectivity index (χ4n) is 1.20. The van der Waals surface area contributed by atoms with Crippen LogP contribution >= 0.6 is 0 Å². The summed E-state index contributed by atoms with van der Waals surface area (Å²) in [6.07, 6.45) is -8.07. The quantitative estimate of drug-likeness (QED) is 0.133. The van der Waals surface area contributed by atoms with Crippen LogP contribution in [-0.2, 0) is 33.6 Å². The molecule has 0 amide bonds. The van der Waals surface area contributed by atoms with Gasteiger partial charge in [-0.2, -0.15) is 0 Å². The average Bonchev–Trinajstić information content (AvgIpc) is 2.52. The van der Waals surface area contributed by atoms with Crippen molar-refractivity contribution < 1.29 is 84.6 Å². The molecule has 0 saturated carbocycles. The van der Waals surface area contributed by atoms with Crippen molar-refractivity contribution in [3.8, 4) is 0 Å². The molecule has 0 aliphatic heterocycles. The molecule has 0 heterocycles. The number of carboxylic acid groups (broad SMARTS) is 7. The molecule has 0 aromatic carbocycles. The normalized spacial score (nSPS) is 11.1. The Labute approximate surface area is 243 Å². The van der Waals surface area contributed by atoms with Gasteiger partial charge in [0.05, 0.1) is 37.0 Å². The third-order valence-electron chi connectivity index (χ3n) is 2.55. The predicted octanol–water partition coefficient (Wildman–Crippen LogP) is -9.54. The van der Waals surface area contributed by atoms with E-state index in [0.717, 1.165) is 0 Å². The molecular weight excluding hydrogens is 520 g/mol. The van der Waals surface area contributed by atoms with Gasteiger partial charge in [0.2, 0.25) is 0 Å². The molecule has 0 radical (unpaired) electrons. The van der Waals surface area contributed by atoms with Crippen LogP contribution < -0.4 is 20.4 Å². The van der Waals surface area contributed by atoms with Crippen molar-refractivity contribution in [3.05, 3.63) is 0 Å². The van der Waals surface area contributed by atoms with E-state index in [0.29, 0.717) is 0 Å². The van der Waals surface area contributed by atoms with Crippen LogP contribution in [0.2, 0.25) is 0 Å². The monoisotopic (exact) mass is 536 g/mol. The fourth-order valence-corrected chi connectivity index (χ4v) is 1.20. The average molecular weight is 536 g/mol. The van der Waals surface area contributed by atoms with E-state index in [1.165, 1.54) is 0 Å². The van der Waals surface area contributed by atoms with Gasteiger partial charge in [0.25, 0.3) is 0 Å². The standard InChI is InChI=1S/C6H8O7.2C4H6O5.2Ca/c7-3(8)1-6(13,5(11)12)2-4(9)10;2*5-2(4(8)9)1-3(6)7;;/h13H,1-2H2,(H,7,8)(H,9,10)(H,11,12);2*2,5H,1H2,(H,6,7)(H,8,9);;/q;;;2*+2/p-4. The Balaban J connectivity index is -0.000000118. The number of aliphatic hydroxyl groups excluding tert-OH is 2. The number of carbonyl (C=O) groups is 7. The third kappa shape index (κ3) is 26.8. The SMILES string of the molecule is O=C(O)CC(O)(CC(=O)O)C(=O)O.O=C([O-])CC(O)C(=O)[O-].O=C([O-])CC(O)C(=O)[O-].[Ca+2].[Ca+2]. The Bertz CT molecular complexity index is 643. The number of aliphatic carboxylic acids is 7. The van der Waals surface area contributed by atoms with Gasteiger partial charge in [-0.05, 0) is 0 Å². The second-order valence-electron chi connectivity index (χ2n) is 5.30. The molecule has 17 nitrogen and oxygen atoms in total. The van der Waals surface area contributed by atoms with Crippen molar-refractivity contribution in [1.82, 2.24) is 0 Å². The molecule has 2 atom stereocenters. The van der Waals surface area contributed by atoms with Gasteiger partial charge < -0.3 is 70.2 Å². The molecule has 0 bridgehead atoms. The zero-order chi connectivity index (χ0) is 25.5. The summed E-state index contributed by atoms with van der Waals surface area (Å²) in [5.41, 5.74) is -2.74. The van der Waals surface area contributed by atoms with Crippen LogP contribution in [0.5, 0.6) is 0 Å². The van der Waals surface area contributed by atoms with E-state index in [9.17, 15) is 54.0 Å². The van der Waals surface area contributed by atoms with Gasteiger partial charge in [0.1, 0.15) is 0 Å². The van der Waals surface area contributed by atoms with Crippen molar-refractivity contribution in [3.63, 3.8) is 0 Å². The number of hydrogen-bond acceptors (Lipinski definition) is 14. The Morgan fingerprint density at radius 3 is 0.970 bits per heavy atom. The number of hydrogen-bond donors (Lipinski definition) is 6. The molecule has 0 spiro atoms. The Morgan fingerprint density at radius 2 is 0.879 bits per heavy atom. The Kier molecular flexibility index (Phi) is 27.0. The van der Waals surface area contributed by atoms with E-state index < -0.39 is 85.3 Å². The largest absolute Gasteiger partial charge is 2.00 e. The molecule has 0 aliphatic rings. The van der Waals surface area contributed by atoms with Crippen molar-refractivity contribution >= 4 is 117 Å². The first-order valence-electron chi connectivity index (χ1n) is 7.42. The number of rotatable bonds is 11. The van der Waals surface area contributed by atoms with Crippen LogP contribution in [0.25, 0.3) is 0 Å². The van der Waals surface area contributed by atoms with Crippen molar-refractivity contribution in [2.75, 3.05) is 0 Å². The Morgan fingerprint density at radius 1 is 0.636 bits per heavy atom. The molecular formula is C14H16Ca2O17. The van der Waals surface area contributed by atoms with Gasteiger partial charge in [0.15, 0.2) is 5.60 Å². The summed E-state index contributed by atoms with van der Waals surface area (Å²) in [4.78, 5) is 68.8. The maximum absolute atomic E-state index is 10.3. The molecule has 2 unspecified atom stereocenters. The first-order chi connectivity index (χ1) is 13.8. The smallest absolute Gasteiger partial charge is 0.550 e. The van der Waals surface area contributed by atoms with Crippen molar-refractivity contribution in [2.24, 2.45) is 0 Å². The molecule has 19 heteroatoms. The van der Waals surface area contributed by atoms with Crippen LogP contribution in [0.4, 0.5) is 0 Å². The number of carbonyl (C=O) groups excluding carboxylic acids is 4. The molecule has 6 N–H and O–H groups in total. The van der Waals surface area contributed by atoms with Gasteiger partial charge in [-0.25, -0.2) is 4.79 Å². The number of aliphatic hydroxyl groups is 3. The molecule has 33 heavy (non-hydrogen) atoms. The summed E-state index contributed by atoms with van der Waals surface area (Å²) < 4.78 is 0. The first kappa shape index (κ1) is 41.9.